The van der Waals surface area contributed by atoms with E-state index in [4.69, 9.17) is 4.74 Å². The van der Waals surface area contributed by atoms with Gasteiger partial charge in [-0.3, -0.25) is 4.79 Å². The predicted molar refractivity (Wildman–Crippen MR) is 86.0 cm³/mol. The Hall–Kier alpha value is -2.37. The van der Waals surface area contributed by atoms with Gasteiger partial charge >= 0.3 is 0 Å². The zero-order valence-electron chi connectivity index (χ0n) is 13.3. The first-order valence-electron chi connectivity index (χ1n) is 8.37. The van der Waals surface area contributed by atoms with Crippen LogP contribution in [0, 0.1) is 5.82 Å². The smallest absolute Gasteiger partial charge is 0.261 e. The highest BCUT2D eigenvalue weighted by molar-refractivity contribution is 5.79. The molecule has 0 aliphatic carbocycles. The SMILES string of the molecule is O=C(COc1ccc(F)cc1)N1C2CCC1CC(n1ccnc1)C2. The molecule has 4 rings (SSSR count). The summed E-state index contributed by atoms with van der Waals surface area (Å²) in [6.45, 7) is 0.00831. The number of amides is 1. The van der Waals surface area contributed by atoms with Gasteiger partial charge in [0.1, 0.15) is 11.6 Å². The van der Waals surface area contributed by atoms with E-state index in [1.165, 1.54) is 12.1 Å². The van der Waals surface area contributed by atoms with Gasteiger partial charge in [-0.05, 0) is 49.9 Å². The van der Waals surface area contributed by atoms with Crippen LogP contribution in [-0.2, 0) is 4.79 Å². The molecule has 126 valence electrons. The van der Waals surface area contributed by atoms with E-state index in [0.717, 1.165) is 25.7 Å². The number of hydrogen-bond acceptors (Lipinski definition) is 3. The van der Waals surface area contributed by atoms with Crippen LogP contribution in [0.15, 0.2) is 43.0 Å². The van der Waals surface area contributed by atoms with E-state index in [2.05, 4.69) is 9.55 Å². The Morgan fingerprint density at radius 3 is 2.50 bits per heavy atom. The summed E-state index contributed by atoms with van der Waals surface area (Å²) >= 11 is 0. The summed E-state index contributed by atoms with van der Waals surface area (Å²) in [7, 11) is 0. The molecule has 0 radical (unpaired) electrons. The average molecular weight is 329 g/mol. The fourth-order valence-corrected chi connectivity index (χ4v) is 4.03. The van der Waals surface area contributed by atoms with Crippen molar-refractivity contribution in [3.05, 3.63) is 48.8 Å². The van der Waals surface area contributed by atoms with Crippen LogP contribution in [0.2, 0.25) is 0 Å². The van der Waals surface area contributed by atoms with Crippen LogP contribution >= 0.6 is 0 Å². The molecule has 0 spiro atoms. The second-order valence-electron chi connectivity index (χ2n) is 6.56. The van der Waals surface area contributed by atoms with E-state index in [1.807, 2.05) is 17.4 Å². The van der Waals surface area contributed by atoms with Crippen molar-refractivity contribution < 1.29 is 13.9 Å². The minimum Gasteiger partial charge on any atom is -0.484 e. The highest BCUT2D eigenvalue weighted by Gasteiger charge is 2.43. The lowest BCUT2D eigenvalue weighted by atomic mass is 9.97. The summed E-state index contributed by atoms with van der Waals surface area (Å²) in [6.07, 6.45) is 9.70. The minimum atomic E-state index is -0.312. The molecule has 3 heterocycles. The Morgan fingerprint density at radius 2 is 1.88 bits per heavy atom. The lowest BCUT2D eigenvalue weighted by Gasteiger charge is -2.39. The Kier molecular flexibility index (Phi) is 3.96. The van der Waals surface area contributed by atoms with Gasteiger partial charge in [-0.2, -0.15) is 0 Å². The first-order chi connectivity index (χ1) is 11.7. The van der Waals surface area contributed by atoms with Crippen LogP contribution in [0.1, 0.15) is 31.7 Å². The molecular weight excluding hydrogens is 309 g/mol. The number of hydrogen-bond donors (Lipinski definition) is 0. The molecule has 1 amide bonds. The van der Waals surface area contributed by atoms with Crippen molar-refractivity contribution in [1.82, 2.24) is 14.5 Å². The Balaban J connectivity index is 1.38. The number of carbonyl (C=O) groups is 1. The lowest BCUT2D eigenvalue weighted by molar-refractivity contribution is -0.138. The van der Waals surface area contributed by atoms with Gasteiger partial charge in [0.15, 0.2) is 6.61 Å². The third-order valence-corrected chi connectivity index (χ3v) is 5.12. The van der Waals surface area contributed by atoms with Gasteiger partial charge in [-0.25, -0.2) is 9.37 Å². The van der Waals surface area contributed by atoms with Gasteiger partial charge in [-0.1, -0.05) is 0 Å². The lowest BCUT2D eigenvalue weighted by Crippen LogP contribution is -2.48. The molecule has 24 heavy (non-hydrogen) atoms. The fraction of sp³-hybridized carbons (Fsp3) is 0.444. The Labute approximate surface area is 140 Å². The second kappa shape index (κ2) is 6.26. The van der Waals surface area contributed by atoms with Crippen molar-refractivity contribution in [3.63, 3.8) is 0 Å². The summed E-state index contributed by atoms with van der Waals surface area (Å²) in [6, 6.07) is 6.73. The summed E-state index contributed by atoms with van der Waals surface area (Å²) in [5.41, 5.74) is 0. The summed E-state index contributed by atoms with van der Waals surface area (Å²) in [4.78, 5) is 18.7. The molecule has 2 bridgehead atoms. The van der Waals surface area contributed by atoms with Gasteiger partial charge in [-0.15, -0.1) is 0 Å². The van der Waals surface area contributed by atoms with Gasteiger partial charge in [0.05, 0.1) is 6.33 Å². The maximum absolute atomic E-state index is 12.9. The highest BCUT2D eigenvalue weighted by Crippen LogP contribution is 2.40. The maximum atomic E-state index is 12.9. The number of piperidine rings is 1. The summed E-state index contributed by atoms with van der Waals surface area (Å²) in [5.74, 6) is 0.231. The molecule has 5 nitrogen and oxygen atoms in total. The second-order valence-corrected chi connectivity index (χ2v) is 6.56. The molecule has 0 N–H and O–H groups in total. The van der Waals surface area contributed by atoms with Crippen molar-refractivity contribution in [2.24, 2.45) is 0 Å². The zero-order chi connectivity index (χ0) is 16.5. The number of ether oxygens (including phenoxy) is 1. The highest BCUT2D eigenvalue weighted by atomic mass is 19.1. The fourth-order valence-electron chi connectivity index (χ4n) is 4.03. The molecule has 1 aromatic carbocycles. The molecule has 2 fully saturated rings. The summed E-state index contributed by atoms with van der Waals surface area (Å²) < 4.78 is 20.6. The number of carbonyl (C=O) groups excluding carboxylic acids is 1. The van der Waals surface area contributed by atoms with E-state index in [1.54, 1.807) is 18.3 Å². The van der Waals surface area contributed by atoms with Crippen molar-refractivity contribution in [2.75, 3.05) is 6.61 Å². The first kappa shape index (κ1) is 15.2. The standard InChI is InChI=1S/C18H20FN3O2/c19-13-1-5-17(6-2-13)24-11-18(23)22-14-3-4-15(22)10-16(9-14)21-8-7-20-12-21/h1-2,5-8,12,14-16H,3-4,9-11H2. The first-order valence-corrected chi connectivity index (χ1v) is 8.37. The van der Waals surface area contributed by atoms with Gasteiger partial charge in [0, 0.05) is 30.5 Å². The molecule has 0 saturated carbocycles. The Bertz CT molecular complexity index is 688. The number of rotatable bonds is 4. The third kappa shape index (κ3) is 2.88. The zero-order valence-corrected chi connectivity index (χ0v) is 13.3. The van der Waals surface area contributed by atoms with E-state index in [0.29, 0.717) is 11.8 Å². The quantitative estimate of drug-likeness (QED) is 0.866. The molecule has 2 aromatic rings. The van der Waals surface area contributed by atoms with Crippen LogP contribution < -0.4 is 4.74 Å². The summed E-state index contributed by atoms with van der Waals surface area (Å²) in [5, 5.41) is 0. The van der Waals surface area contributed by atoms with Crippen molar-refractivity contribution in [2.45, 2.75) is 43.8 Å². The molecule has 2 aliphatic heterocycles. The van der Waals surface area contributed by atoms with Gasteiger partial charge in [0.2, 0.25) is 0 Å². The topological polar surface area (TPSA) is 47.4 Å². The van der Waals surface area contributed by atoms with Crippen LogP contribution in [0.4, 0.5) is 4.39 Å². The van der Waals surface area contributed by atoms with E-state index >= 15 is 0 Å². The maximum Gasteiger partial charge on any atom is 0.261 e. The van der Waals surface area contributed by atoms with Crippen LogP contribution in [0.5, 0.6) is 5.75 Å². The monoisotopic (exact) mass is 329 g/mol. The molecule has 2 unspecified atom stereocenters. The van der Waals surface area contributed by atoms with E-state index < -0.39 is 0 Å². The number of imidazole rings is 1. The largest absolute Gasteiger partial charge is 0.484 e. The van der Waals surface area contributed by atoms with Crippen LogP contribution in [0.3, 0.4) is 0 Å². The van der Waals surface area contributed by atoms with Gasteiger partial charge < -0.3 is 14.2 Å². The third-order valence-electron chi connectivity index (χ3n) is 5.12. The molecule has 2 saturated heterocycles. The van der Waals surface area contributed by atoms with E-state index in [9.17, 15) is 9.18 Å². The molecule has 2 aliphatic rings. The number of fused-ring (bicyclic) bond motifs is 2. The van der Waals surface area contributed by atoms with Crippen LogP contribution in [-0.4, -0.2) is 39.0 Å². The molecular formula is C18H20FN3O2. The molecule has 6 heteroatoms. The number of aromatic nitrogens is 2. The average Bonchev–Trinajstić information content (AvgIpc) is 3.21. The molecule has 1 aromatic heterocycles. The normalized spacial score (nSPS) is 25.7. The van der Waals surface area contributed by atoms with Gasteiger partial charge in [0.25, 0.3) is 5.91 Å². The van der Waals surface area contributed by atoms with Crippen LogP contribution in [0.25, 0.3) is 0 Å². The molecule has 2 atom stereocenters. The number of nitrogens with zero attached hydrogens (tertiary/aromatic N) is 3. The number of benzene rings is 1. The van der Waals surface area contributed by atoms with Crippen molar-refractivity contribution in [3.8, 4) is 5.75 Å². The number of halogens is 1. The van der Waals surface area contributed by atoms with Crippen molar-refractivity contribution in [1.29, 1.82) is 0 Å². The Morgan fingerprint density at radius 1 is 1.17 bits per heavy atom. The van der Waals surface area contributed by atoms with E-state index in [-0.39, 0.29) is 30.4 Å². The minimum absolute atomic E-state index is 0.00831. The predicted octanol–water partition coefficient (Wildman–Crippen LogP) is 2.80. The van der Waals surface area contributed by atoms with Crippen molar-refractivity contribution >= 4 is 5.91 Å².